The number of rotatable bonds is 1. The molecule has 0 saturated heterocycles. The van der Waals surface area contributed by atoms with Crippen LogP contribution in [-0.4, -0.2) is 14.7 Å². The number of thioether (sulfide) groups is 1. The van der Waals surface area contributed by atoms with E-state index in [0.717, 1.165) is 5.16 Å². The second-order valence-corrected chi connectivity index (χ2v) is 5.31. The number of hydrogen-bond acceptors (Lipinski definition) is 4. The molecule has 12 heavy (non-hydrogen) atoms. The molecule has 0 radical (unpaired) electrons. The fraction of sp³-hybridized carbons (Fsp3) is 0.500. The zero-order valence-electron chi connectivity index (χ0n) is 7.53. The maximum Gasteiger partial charge on any atom is 0.188 e. The van der Waals surface area contributed by atoms with Gasteiger partial charge in [-0.3, -0.25) is 0 Å². The molecule has 1 rings (SSSR count). The van der Waals surface area contributed by atoms with Gasteiger partial charge in [-0.05, 0) is 0 Å². The topological polar surface area (TPSA) is 51.8 Å². The van der Waals surface area contributed by atoms with Crippen LogP contribution < -0.4 is 5.73 Å². The van der Waals surface area contributed by atoms with Crippen molar-refractivity contribution in [3.63, 3.8) is 0 Å². The number of nitrogens with two attached hydrogens (primary N) is 1. The Morgan fingerprint density at radius 3 is 2.17 bits per heavy atom. The van der Waals surface area contributed by atoms with Gasteiger partial charge < -0.3 is 5.73 Å². The number of aromatic nitrogens is 2. The maximum atomic E-state index is 5.46. The van der Waals surface area contributed by atoms with Gasteiger partial charge in [-0.1, -0.05) is 32.5 Å². The van der Waals surface area contributed by atoms with Gasteiger partial charge in [-0.25, -0.2) is 9.97 Å². The lowest BCUT2D eigenvalue weighted by Crippen LogP contribution is -2.08. The molecular formula is C8H13N3S. The van der Waals surface area contributed by atoms with E-state index in [1.807, 2.05) is 0 Å². The summed E-state index contributed by atoms with van der Waals surface area (Å²) in [7, 11) is 0. The number of nitrogens with zero attached hydrogens (tertiary/aromatic N) is 2. The van der Waals surface area contributed by atoms with Crippen molar-refractivity contribution in [2.24, 2.45) is 0 Å². The van der Waals surface area contributed by atoms with Crippen molar-refractivity contribution in [1.29, 1.82) is 0 Å². The molecule has 0 amide bonds. The highest BCUT2D eigenvalue weighted by molar-refractivity contribution is 8.00. The summed E-state index contributed by atoms with van der Waals surface area (Å²) in [6, 6.07) is 0. The van der Waals surface area contributed by atoms with Crippen molar-refractivity contribution < 1.29 is 0 Å². The molecule has 2 N–H and O–H groups in total. The Labute approximate surface area is 76.8 Å². The molecule has 3 nitrogen and oxygen atoms in total. The first-order chi connectivity index (χ1) is 5.47. The van der Waals surface area contributed by atoms with Crippen molar-refractivity contribution in [3.05, 3.63) is 12.4 Å². The summed E-state index contributed by atoms with van der Waals surface area (Å²) >= 11 is 1.63. The Bertz CT molecular complexity index is 250. The quantitative estimate of drug-likeness (QED) is 0.534. The fourth-order valence-corrected chi connectivity index (χ4v) is 1.41. The Kier molecular flexibility index (Phi) is 2.57. The monoisotopic (exact) mass is 183 g/mol. The normalized spacial score (nSPS) is 11.6. The highest BCUT2D eigenvalue weighted by Crippen LogP contribution is 2.28. The van der Waals surface area contributed by atoms with E-state index in [4.69, 9.17) is 5.73 Å². The zero-order valence-corrected chi connectivity index (χ0v) is 8.35. The molecule has 0 aliphatic carbocycles. The third-order valence-corrected chi connectivity index (χ3v) is 2.05. The standard InChI is InChI=1S/C8H13N3S/c1-8(2,3)12-7-10-4-6(9)5-11-7/h4-5H,9H2,1-3H3. The zero-order chi connectivity index (χ0) is 9.19. The molecule has 0 unspecified atom stereocenters. The third kappa shape index (κ3) is 3.09. The molecule has 0 aromatic carbocycles. The number of nitrogen functional groups attached to an aromatic ring is 1. The summed E-state index contributed by atoms with van der Waals surface area (Å²) in [4.78, 5) is 8.18. The average molecular weight is 183 g/mol. The SMILES string of the molecule is CC(C)(C)Sc1ncc(N)cn1. The van der Waals surface area contributed by atoms with Crippen LogP contribution in [0.2, 0.25) is 0 Å². The largest absolute Gasteiger partial charge is 0.396 e. The molecule has 1 aromatic heterocycles. The highest BCUT2D eigenvalue weighted by Gasteiger charge is 2.13. The van der Waals surface area contributed by atoms with Crippen LogP contribution in [0.1, 0.15) is 20.8 Å². The minimum Gasteiger partial charge on any atom is -0.396 e. The Morgan fingerprint density at radius 1 is 1.25 bits per heavy atom. The molecule has 0 atom stereocenters. The Balaban J connectivity index is 2.71. The van der Waals surface area contributed by atoms with E-state index in [0.29, 0.717) is 5.69 Å². The van der Waals surface area contributed by atoms with Gasteiger partial charge in [0.1, 0.15) is 0 Å². The summed E-state index contributed by atoms with van der Waals surface area (Å²) in [5.41, 5.74) is 6.06. The van der Waals surface area contributed by atoms with Gasteiger partial charge in [0.25, 0.3) is 0 Å². The van der Waals surface area contributed by atoms with Crippen molar-refractivity contribution in [1.82, 2.24) is 9.97 Å². The van der Waals surface area contributed by atoms with Crippen LogP contribution in [0.15, 0.2) is 17.6 Å². The first-order valence-electron chi connectivity index (χ1n) is 3.74. The van der Waals surface area contributed by atoms with Crippen molar-refractivity contribution in [2.75, 3.05) is 5.73 Å². The predicted molar refractivity (Wildman–Crippen MR) is 52.1 cm³/mol. The summed E-state index contributed by atoms with van der Waals surface area (Å²) < 4.78 is 0.149. The van der Waals surface area contributed by atoms with E-state index < -0.39 is 0 Å². The molecule has 4 heteroatoms. The van der Waals surface area contributed by atoms with Gasteiger partial charge >= 0.3 is 0 Å². The van der Waals surface area contributed by atoms with Crippen LogP contribution in [0.5, 0.6) is 0 Å². The van der Waals surface area contributed by atoms with Gasteiger partial charge in [0.2, 0.25) is 0 Å². The lowest BCUT2D eigenvalue weighted by atomic mass is 10.3. The first-order valence-corrected chi connectivity index (χ1v) is 4.55. The van der Waals surface area contributed by atoms with E-state index in [1.54, 1.807) is 24.2 Å². The number of anilines is 1. The molecule has 0 aliphatic rings. The predicted octanol–water partition coefficient (Wildman–Crippen LogP) is 1.95. The molecule has 1 aromatic rings. The Hall–Kier alpha value is -0.770. The molecular weight excluding hydrogens is 170 g/mol. The van der Waals surface area contributed by atoms with E-state index in [2.05, 4.69) is 30.7 Å². The summed E-state index contributed by atoms with van der Waals surface area (Å²) in [6.07, 6.45) is 3.25. The lowest BCUT2D eigenvalue weighted by Gasteiger charge is -2.15. The minimum atomic E-state index is 0.149. The second-order valence-electron chi connectivity index (χ2n) is 3.51. The van der Waals surface area contributed by atoms with Gasteiger partial charge in [-0.15, -0.1) is 0 Å². The van der Waals surface area contributed by atoms with Crippen LogP contribution in [0.25, 0.3) is 0 Å². The van der Waals surface area contributed by atoms with Crippen molar-refractivity contribution in [2.45, 2.75) is 30.7 Å². The number of hydrogen-bond donors (Lipinski definition) is 1. The van der Waals surface area contributed by atoms with Gasteiger partial charge in [0, 0.05) is 4.75 Å². The molecule has 0 fully saturated rings. The van der Waals surface area contributed by atoms with E-state index in [9.17, 15) is 0 Å². The van der Waals surface area contributed by atoms with Crippen LogP contribution in [0.3, 0.4) is 0 Å². The molecule has 0 spiro atoms. The van der Waals surface area contributed by atoms with Gasteiger partial charge in [0.15, 0.2) is 5.16 Å². The highest BCUT2D eigenvalue weighted by atomic mass is 32.2. The maximum absolute atomic E-state index is 5.46. The average Bonchev–Trinajstić information content (AvgIpc) is 1.91. The van der Waals surface area contributed by atoms with E-state index in [-0.39, 0.29) is 4.75 Å². The molecule has 1 heterocycles. The fourth-order valence-electron chi connectivity index (χ4n) is 0.653. The molecule has 0 saturated carbocycles. The molecule has 0 aliphatic heterocycles. The van der Waals surface area contributed by atoms with E-state index >= 15 is 0 Å². The van der Waals surface area contributed by atoms with Crippen LogP contribution in [0, 0.1) is 0 Å². The van der Waals surface area contributed by atoms with Crippen LogP contribution >= 0.6 is 11.8 Å². The smallest absolute Gasteiger partial charge is 0.188 e. The first kappa shape index (κ1) is 9.32. The lowest BCUT2D eigenvalue weighted by molar-refractivity contribution is 0.792. The summed E-state index contributed by atoms with van der Waals surface area (Å²) in [6.45, 7) is 6.37. The van der Waals surface area contributed by atoms with Crippen molar-refractivity contribution in [3.8, 4) is 0 Å². The van der Waals surface area contributed by atoms with Crippen LogP contribution in [0.4, 0.5) is 5.69 Å². The summed E-state index contributed by atoms with van der Waals surface area (Å²) in [5.74, 6) is 0. The van der Waals surface area contributed by atoms with Gasteiger partial charge in [0.05, 0.1) is 18.1 Å². The van der Waals surface area contributed by atoms with Crippen molar-refractivity contribution >= 4 is 17.4 Å². The van der Waals surface area contributed by atoms with Gasteiger partial charge in [-0.2, -0.15) is 0 Å². The molecule has 0 bridgehead atoms. The van der Waals surface area contributed by atoms with E-state index in [1.165, 1.54) is 0 Å². The third-order valence-electron chi connectivity index (χ3n) is 1.05. The van der Waals surface area contributed by atoms with Crippen LogP contribution in [-0.2, 0) is 0 Å². The minimum absolute atomic E-state index is 0.149. The Morgan fingerprint density at radius 2 is 1.75 bits per heavy atom. The molecule has 66 valence electrons. The summed E-state index contributed by atoms with van der Waals surface area (Å²) in [5, 5.41) is 0.775. The second kappa shape index (κ2) is 3.31.